The molecule has 0 aromatic carbocycles. The summed E-state index contributed by atoms with van der Waals surface area (Å²) in [6.45, 7) is 9.08. The van der Waals surface area contributed by atoms with Gasteiger partial charge in [0.2, 0.25) is 0 Å². The second kappa shape index (κ2) is 6.05. The minimum atomic E-state index is -0.395. The van der Waals surface area contributed by atoms with Crippen molar-refractivity contribution in [1.29, 1.82) is 0 Å². The van der Waals surface area contributed by atoms with Crippen LogP contribution >= 0.6 is 0 Å². The molecule has 0 fully saturated rings. The van der Waals surface area contributed by atoms with Crippen LogP contribution in [0.1, 0.15) is 38.8 Å². The highest BCUT2D eigenvalue weighted by Crippen LogP contribution is 2.20. The first-order valence-electron chi connectivity index (χ1n) is 6.96. The molecule has 0 saturated carbocycles. The molecule has 0 atom stereocenters. The van der Waals surface area contributed by atoms with Gasteiger partial charge in [-0.05, 0) is 40.7 Å². The van der Waals surface area contributed by atoms with E-state index in [1.54, 1.807) is 25.5 Å². The van der Waals surface area contributed by atoms with Gasteiger partial charge in [-0.2, -0.15) is 5.10 Å². The van der Waals surface area contributed by atoms with Crippen molar-refractivity contribution in [3.63, 3.8) is 0 Å². The molecule has 2 amide bonds. The second-order valence-corrected chi connectivity index (χ2v) is 5.30. The molecule has 7 heteroatoms. The first-order chi connectivity index (χ1) is 10.3. The third kappa shape index (κ3) is 3.19. The predicted molar refractivity (Wildman–Crippen MR) is 80.2 cm³/mol. The molecule has 2 heterocycles. The summed E-state index contributed by atoms with van der Waals surface area (Å²) in [5.74, 6) is 0.473. The summed E-state index contributed by atoms with van der Waals surface area (Å²) in [5, 5.41) is 4.20. The summed E-state index contributed by atoms with van der Waals surface area (Å²) in [4.78, 5) is 24.0. The van der Waals surface area contributed by atoms with Gasteiger partial charge in [-0.15, -0.1) is 0 Å². The molecule has 7 nitrogen and oxygen atoms in total. The lowest BCUT2D eigenvalue weighted by Gasteiger charge is -2.08. The molecule has 2 aromatic heterocycles. The van der Waals surface area contributed by atoms with Crippen molar-refractivity contribution < 1.29 is 14.0 Å². The minimum Gasteiger partial charge on any atom is -0.466 e. The van der Waals surface area contributed by atoms with Gasteiger partial charge in [-0.25, -0.2) is 0 Å². The van der Waals surface area contributed by atoms with Crippen molar-refractivity contribution in [2.24, 2.45) is 0 Å². The first-order valence-corrected chi connectivity index (χ1v) is 6.96. The maximum absolute atomic E-state index is 12.1. The Morgan fingerprint density at radius 3 is 2.32 bits per heavy atom. The van der Waals surface area contributed by atoms with Gasteiger partial charge in [-0.3, -0.25) is 25.1 Å². The number of hydrogen-bond donors (Lipinski definition) is 2. The summed E-state index contributed by atoms with van der Waals surface area (Å²) in [6, 6.07) is 1.88. The smallest absolute Gasteiger partial charge is 0.273 e. The van der Waals surface area contributed by atoms with E-state index < -0.39 is 5.91 Å². The zero-order valence-electron chi connectivity index (χ0n) is 13.4. The van der Waals surface area contributed by atoms with Crippen LogP contribution in [0.3, 0.4) is 0 Å². The quantitative estimate of drug-likeness (QED) is 0.841. The minimum absolute atomic E-state index is 0.0440. The Morgan fingerprint density at radius 1 is 1.14 bits per heavy atom. The van der Waals surface area contributed by atoms with Gasteiger partial charge in [0.05, 0.1) is 11.3 Å². The number of carbonyl (C=O) groups is 2. The van der Waals surface area contributed by atoms with Gasteiger partial charge < -0.3 is 4.42 Å². The van der Waals surface area contributed by atoms with Crippen LogP contribution in [-0.4, -0.2) is 21.6 Å². The molecular formula is C15H20N4O3. The van der Waals surface area contributed by atoms with Gasteiger partial charge in [0.25, 0.3) is 11.8 Å². The average Bonchev–Trinajstić information content (AvgIpc) is 2.86. The van der Waals surface area contributed by atoms with Crippen molar-refractivity contribution in [2.45, 2.75) is 41.2 Å². The molecule has 0 spiro atoms. The maximum Gasteiger partial charge on any atom is 0.273 e. The van der Waals surface area contributed by atoms with Crippen molar-refractivity contribution in [3.05, 3.63) is 40.1 Å². The SMILES string of the molecule is Cc1cc(C)n(CC(=O)NNC(=O)c2c(C)oc(C)c2C)n1. The molecule has 0 unspecified atom stereocenters. The molecule has 118 valence electrons. The van der Waals surface area contributed by atoms with E-state index in [0.29, 0.717) is 17.1 Å². The van der Waals surface area contributed by atoms with E-state index in [-0.39, 0.29) is 12.5 Å². The monoisotopic (exact) mass is 304 g/mol. The Hall–Kier alpha value is -2.57. The zero-order valence-corrected chi connectivity index (χ0v) is 13.4. The van der Waals surface area contributed by atoms with Gasteiger partial charge in [-0.1, -0.05) is 0 Å². The van der Waals surface area contributed by atoms with Crippen LogP contribution in [0, 0.1) is 34.6 Å². The number of rotatable bonds is 3. The third-order valence-corrected chi connectivity index (χ3v) is 3.50. The Bertz CT molecular complexity index is 727. The highest BCUT2D eigenvalue weighted by Gasteiger charge is 2.19. The van der Waals surface area contributed by atoms with E-state index in [4.69, 9.17) is 4.42 Å². The standard InChI is InChI=1S/C15H20N4O3/c1-8-6-9(2)19(18-8)7-13(20)16-17-15(21)14-10(3)11(4)22-12(14)5/h6H,7H2,1-5H3,(H,16,20)(H,17,21). The molecule has 0 radical (unpaired) electrons. The van der Waals surface area contributed by atoms with Gasteiger partial charge in [0.1, 0.15) is 18.1 Å². The number of hydrogen-bond acceptors (Lipinski definition) is 4. The lowest BCUT2D eigenvalue weighted by Crippen LogP contribution is -2.43. The van der Waals surface area contributed by atoms with Crippen LogP contribution < -0.4 is 10.9 Å². The van der Waals surface area contributed by atoms with E-state index in [9.17, 15) is 9.59 Å². The van der Waals surface area contributed by atoms with Crippen LogP contribution in [0.15, 0.2) is 10.5 Å². The van der Waals surface area contributed by atoms with Crippen LogP contribution in [0.5, 0.6) is 0 Å². The number of hydrazine groups is 1. The number of aromatic nitrogens is 2. The molecule has 0 saturated heterocycles. The molecule has 2 aromatic rings. The Morgan fingerprint density at radius 2 is 1.82 bits per heavy atom. The van der Waals surface area contributed by atoms with Crippen LogP contribution in [0.25, 0.3) is 0 Å². The highest BCUT2D eigenvalue weighted by molar-refractivity contribution is 5.97. The predicted octanol–water partition coefficient (Wildman–Crippen LogP) is 1.48. The molecule has 2 rings (SSSR count). The van der Waals surface area contributed by atoms with Crippen molar-refractivity contribution >= 4 is 11.8 Å². The lowest BCUT2D eigenvalue weighted by atomic mass is 10.1. The van der Waals surface area contributed by atoms with Crippen molar-refractivity contribution in [1.82, 2.24) is 20.6 Å². The zero-order chi connectivity index (χ0) is 16.4. The fourth-order valence-corrected chi connectivity index (χ4v) is 2.33. The van der Waals surface area contributed by atoms with E-state index >= 15 is 0 Å². The molecule has 0 aliphatic heterocycles. The number of amides is 2. The van der Waals surface area contributed by atoms with Crippen molar-refractivity contribution in [2.75, 3.05) is 0 Å². The van der Waals surface area contributed by atoms with E-state index in [1.165, 1.54) is 0 Å². The fourth-order valence-electron chi connectivity index (χ4n) is 2.33. The summed E-state index contributed by atoms with van der Waals surface area (Å²) >= 11 is 0. The fraction of sp³-hybridized carbons (Fsp3) is 0.400. The van der Waals surface area contributed by atoms with Gasteiger partial charge >= 0.3 is 0 Å². The van der Waals surface area contributed by atoms with Crippen LogP contribution in [-0.2, 0) is 11.3 Å². The third-order valence-electron chi connectivity index (χ3n) is 3.50. The normalized spacial score (nSPS) is 10.6. The Balaban J connectivity index is 1.96. The molecule has 0 bridgehead atoms. The van der Waals surface area contributed by atoms with Crippen LogP contribution in [0.4, 0.5) is 0 Å². The number of aryl methyl sites for hydroxylation is 4. The molecule has 22 heavy (non-hydrogen) atoms. The molecule has 0 aliphatic rings. The summed E-state index contributed by atoms with van der Waals surface area (Å²) < 4.78 is 6.98. The molecule has 0 aliphatic carbocycles. The van der Waals surface area contributed by atoms with E-state index in [1.807, 2.05) is 19.9 Å². The van der Waals surface area contributed by atoms with Crippen LogP contribution in [0.2, 0.25) is 0 Å². The van der Waals surface area contributed by atoms with Gasteiger partial charge in [0, 0.05) is 11.3 Å². The molecular weight excluding hydrogens is 284 g/mol. The Kier molecular flexibility index (Phi) is 4.35. The molecule has 2 N–H and O–H groups in total. The number of furan rings is 1. The number of nitrogens with zero attached hydrogens (tertiary/aromatic N) is 2. The number of nitrogens with one attached hydrogen (secondary N) is 2. The van der Waals surface area contributed by atoms with E-state index in [0.717, 1.165) is 17.0 Å². The summed E-state index contributed by atoms with van der Waals surface area (Å²) in [5.41, 5.74) is 7.73. The first kappa shape index (κ1) is 15.8. The average molecular weight is 304 g/mol. The van der Waals surface area contributed by atoms with Crippen molar-refractivity contribution in [3.8, 4) is 0 Å². The van der Waals surface area contributed by atoms with Gasteiger partial charge in [0.15, 0.2) is 0 Å². The van der Waals surface area contributed by atoms with E-state index in [2.05, 4.69) is 16.0 Å². The lowest BCUT2D eigenvalue weighted by molar-refractivity contribution is -0.122. The summed E-state index contributed by atoms with van der Waals surface area (Å²) in [7, 11) is 0. The highest BCUT2D eigenvalue weighted by atomic mass is 16.3. The second-order valence-electron chi connectivity index (χ2n) is 5.30. The maximum atomic E-state index is 12.1. The largest absolute Gasteiger partial charge is 0.466 e. The topological polar surface area (TPSA) is 89.2 Å². The Labute approximate surface area is 128 Å². The summed E-state index contributed by atoms with van der Waals surface area (Å²) in [6.07, 6.45) is 0. The number of carbonyl (C=O) groups excluding carboxylic acids is 2.